The summed E-state index contributed by atoms with van der Waals surface area (Å²) in [5, 5.41) is 0. The Balaban J connectivity index is 1.28. The number of hydrogen-bond acceptors (Lipinski definition) is 4. The largest absolute Gasteiger partial charge is 0.490 e. The zero-order valence-corrected chi connectivity index (χ0v) is 38.0. The Morgan fingerprint density at radius 2 is 0.638 bits per heavy atom. The summed E-state index contributed by atoms with van der Waals surface area (Å²) < 4.78 is 12.7. The molecule has 0 amide bonds. The smallest absolute Gasteiger partial charge is 0.198 e. The van der Waals surface area contributed by atoms with E-state index in [1.54, 1.807) is 18.2 Å². The highest BCUT2D eigenvalue weighted by Gasteiger charge is 2.34. The number of carbonyl (C=O) groups is 2. The number of carbonyl (C=O) groups excluding carboxylic acids is 2. The van der Waals surface area contributed by atoms with E-state index in [1.165, 1.54) is 205 Å². The summed E-state index contributed by atoms with van der Waals surface area (Å²) in [5.41, 5.74) is 1.74. The number of unbranched alkanes of at least 4 members (excludes halogenated alkanes) is 34. The minimum Gasteiger partial charge on any atom is -0.490 e. The lowest BCUT2D eigenvalue weighted by Crippen LogP contribution is -2.22. The van der Waals surface area contributed by atoms with Crippen LogP contribution in [0.25, 0.3) is 0 Å². The molecule has 0 saturated heterocycles. The number of benzene rings is 2. The van der Waals surface area contributed by atoms with Gasteiger partial charge in [-0.2, -0.15) is 0 Å². The molecule has 4 heteroatoms. The fourth-order valence-electron chi connectivity index (χ4n) is 8.76. The average molecular weight is 801 g/mol. The molecule has 58 heavy (non-hydrogen) atoms. The molecule has 1 aliphatic rings. The molecule has 1 aliphatic carbocycles. The second-order valence-electron chi connectivity index (χ2n) is 17.7. The quantitative estimate of drug-likeness (QED) is 0.0538. The third kappa shape index (κ3) is 21.1. The van der Waals surface area contributed by atoms with E-state index >= 15 is 0 Å². The minimum absolute atomic E-state index is 0.113. The Kier molecular flexibility index (Phi) is 29.3. The third-order valence-corrected chi connectivity index (χ3v) is 12.5. The highest BCUT2D eigenvalue weighted by atomic mass is 16.5. The predicted molar refractivity (Wildman–Crippen MR) is 248 cm³/mol. The van der Waals surface area contributed by atoms with Crippen LogP contribution in [0.15, 0.2) is 36.4 Å². The van der Waals surface area contributed by atoms with Crippen molar-refractivity contribution in [1.29, 1.82) is 0 Å². The van der Waals surface area contributed by atoms with Crippen LogP contribution in [0.5, 0.6) is 11.5 Å². The van der Waals surface area contributed by atoms with Crippen LogP contribution in [0.1, 0.15) is 277 Å². The SMILES string of the molecule is CCCCCCCCCCCCCCCCCCCCOc1ccc2c(c1OCCCCCCCCCCCCCCCCCCCC)C(=O)c1ccccc1C2=O. The molecular weight excluding hydrogens is 713 g/mol. The molecule has 2 aromatic carbocycles. The molecule has 0 fully saturated rings. The average Bonchev–Trinajstić information content (AvgIpc) is 3.24. The van der Waals surface area contributed by atoms with Crippen molar-refractivity contribution < 1.29 is 19.1 Å². The van der Waals surface area contributed by atoms with Crippen LogP contribution in [-0.2, 0) is 0 Å². The molecule has 0 heterocycles. The lowest BCUT2D eigenvalue weighted by atomic mass is 9.83. The van der Waals surface area contributed by atoms with Crippen molar-refractivity contribution in [2.75, 3.05) is 13.2 Å². The van der Waals surface area contributed by atoms with Crippen LogP contribution in [0.3, 0.4) is 0 Å². The Morgan fingerprint density at radius 1 is 0.328 bits per heavy atom. The molecule has 0 aromatic heterocycles. The van der Waals surface area contributed by atoms with Gasteiger partial charge in [-0.25, -0.2) is 0 Å². The van der Waals surface area contributed by atoms with Gasteiger partial charge >= 0.3 is 0 Å². The summed E-state index contributed by atoms with van der Waals surface area (Å²) in [5.74, 6) is 0.795. The van der Waals surface area contributed by atoms with Gasteiger partial charge in [-0.15, -0.1) is 0 Å². The number of hydrogen-bond donors (Lipinski definition) is 0. The second kappa shape index (κ2) is 34.1. The van der Waals surface area contributed by atoms with E-state index < -0.39 is 0 Å². The summed E-state index contributed by atoms with van der Waals surface area (Å²) in [6.07, 6.45) is 48.4. The summed E-state index contributed by atoms with van der Waals surface area (Å²) in [6.45, 7) is 5.69. The molecule has 0 radical (unpaired) electrons. The van der Waals surface area contributed by atoms with E-state index in [4.69, 9.17) is 9.47 Å². The van der Waals surface area contributed by atoms with Crippen LogP contribution < -0.4 is 9.47 Å². The Bertz CT molecular complexity index is 1330. The van der Waals surface area contributed by atoms with Crippen molar-refractivity contribution in [3.8, 4) is 11.5 Å². The summed E-state index contributed by atoms with van der Waals surface area (Å²) >= 11 is 0. The van der Waals surface area contributed by atoms with Crippen LogP contribution in [-0.4, -0.2) is 24.8 Å². The van der Waals surface area contributed by atoms with Crippen molar-refractivity contribution in [2.24, 2.45) is 0 Å². The zero-order chi connectivity index (χ0) is 41.1. The standard InChI is InChI=1S/C54H88O4/c1-3-5-7-9-11-13-15-17-19-21-23-25-27-29-31-33-35-39-45-57-50-44-43-49-51(53(56)48-42-38-37-41-47(48)52(49)55)54(50)58-46-40-36-34-32-30-28-26-24-22-20-18-16-14-12-10-8-6-4-2/h37-38,41-44H,3-36,39-40,45-46H2,1-2H3. The van der Waals surface area contributed by atoms with Gasteiger partial charge in [0.2, 0.25) is 0 Å². The van der Waals surface area contributed by atoms with Gasteiger partial charge < -0.3 is 9.47 Å². The lowest BCUT2D eigenvalue weighted by Gasteiger charge is -2.22. The molecule has 4 nitrogen and oxygen atoms in total. The van der Waals surface area contributed by atoms with Gasteiger partial charge in [0.15, 0.2) is 23.1 Å². The Hall–Kier alpha value is -2.62. The highest BCUT2D eigenvalue weighted by molar-refractivity contribution is 6.29. The first-order valence-corrected chi connectivity index (χ1v) is 25.3. The van der Waals surface area contributed by atoms with Crippen molar-refractivity contribution >= 4 is 11.6 Å². The van der Waals surface area contributed by atoms with E-state index in [-0.39, 0.29) is 11.6 Å². The first kappa shape index (κ1) is 49.7. The van der Waals surface area contributed by atoms with Gasteiger partial charge in [0.1, 0.15) is 0 Å². The topological polar surface area (TPSA) is 52.6 Å². The number of ketones is 2. The fourth-order valence-corrected chi connectivity index (χ4v) is 8.76. The van der Waals surface area contributed by atoms with E-state index in [0.29, 0.717) is 47.0 Å². The molecule has 328 valence electrons. The Labute approximate surface area is 357 Å². The van der Waals surface area contributed by atoms with Crippen LogP contribution >= 0.6 is 0 Å². The first-order chi connectivity index (χ1) is 28.7. The highest BCUT2D eigenvalue weighted by Crippen LogP contribution is 2.40. The van der Waals surface area contributed by atoms with E-state index in [1.807, 2.05) is 18.2 Å². The molecule has 0 N–H and O–H groups in total. The second-order valence-corrected chi connectivity index (χ2v) is 17.7. The van der Waals surface area contributed by atoms with Crippen molar-refractivity contribution in [3.05, 3.63) is 58.7 Å². The van der Waals surface area contributed by atoms with E-state index in [9.17, 15) is 9.59 Å². The van der Waals surface area contributed by atoms with Crippen molar-refractivity contribution in [3.63, 3.8) is 0 Å². The van der Waals surface area contributed by atoms with Gasteiger partial charge in [0.25, 0.3) is 0 Å². The number of fused-ring (bicyclic) bond motifs is 2. The number of ether oxygens (including phenoxy) is 2. The zero-order valence-electron chi connectivity index (χ0n) is 38.0. The molecule has 0 spiro atoms. The molecule has 0 unspecified atom stereocenters. The first-order valence-electron chi connectivity index (χ1n) is 25.3. The summed E-state index contributed by atoms with van der Waals surface area (Å²) in [7, 11) is 0. The predicted octanol–water partition coefficient (Wildman–Crippen LogP) is 17.3. The third-order valence-electron chi connectivity index (χ3n) is 12.5. The number of rotatable bonds is 40. The normalized spacial score (nSPS) is 12.2. The maximum atomic E-state index is 13.8. The van der Waals surface area contributed by atoms with Crippen LogP contribution in [0, 0.1) is 0 Å². The summed E-state index contributed by atoms with van der Waals surface area (Å²) in [6, 6.07) is 10.8. The van der Waals surface area contributed by atoms with E-state index in [0.717, 1.165) is 25.7 Å². The fraction of sp³-hybridized carbons (Fsp3) is 0.741. The van der Waals surface area contributed by atoms with Gasteiger partial charge in [-0.05, 0) is 25.0 Å². The van der Waals surface area contributed by atoms with Gasteiger partial charge in [-0.1, -0.05) is 256 Å². The van der Waals surface area contributed by atoms with Crippen molar-refractivity contribution in [2.45, 2.75) is 245 Å². The van der Waals surface area contributed by atoms with Gasteiger partial charge in [0.05, 0.1) is 18.8 Å². The van der Waals surface area contributed by atoms with Crippen LogP contribution in [0.2, 0.25) is 0 Å². The maximum Gasteiger partial charge on any atom is 0.198 e. The monoisotopic (exact) mass is 801 g/mol. The molecule has 0 bridgehead atoms. The molecule has 0 aliphatic heterocycles. The molecule has 0 saturated carbocycles. The lowest BCUT2D eigenvalue weighted by molar-refractivity contribution is 0.0974. The molecular formula is C54H88O4. The molecule has 2 aromatic rings. The summed E-state index contributed by atoms with van der Waals surface area (Å²) in [4.78, 5) is 27.3. The molecule has 3 rings (SSSR count). The van der Waals surface area contributed by atoms with E-state index in [2.05, 4.69) is 13.8 Å². The van der Waals surface area contributed by atoms with Crippen molar-refractivity contribution in [1.82, 2.24) is 0 Å². The maximum absolute atomic E-state index is 13.8. The van der Waals surface area contributed by atoms with Gasteiger partial charge in [0, 0.05) is 16.7 Å². The Morgan fingerprint density at radius 3 is 1.00 bits per heavy atom. The van der Waals surface area contributed by atoms with Gasteiger partial charge in [-0.3, -0.25) is 9.59 Å². The molecule has 0 atom stereocenters. The minimum atomic E-state index is -0.142. The van der Waals surface area contributed by atoms with Crippen LogP contribution in [0.4, 0.5) is 0 Å².